The monoisotopic (exact) mass is 232 g/mol. The zero-order valence-electron chi connectivity index (χ0n) is 10.4. The Morgan fingerprint density at radius 3 is 3.12 bits per heavy atom. The molecule has 2 aliphatic rings. The number of fused-ring (bicyclic) bond motifs is 4. The lowest BCUT2D eigenvalue weighted by Crippen LogP contribution is -2.35. The van der Waals surface area contributed by atoms with Crippen LogP contribution in [0.3, 0.4) is 0 Å². The molecule has 1 heterocycles. The molecule has 2 atom stereocenters. The molecule has 0 saturated carbocycles. The molecule has 17 heavy (non-hydrogen) atoms. The van der Waals surface area contributed by atoms with Crippen LogP contribution in [0.5, 0.6) is 5.75 Å². The Kier molecular flexibility index (Phi) is 2.62. The number of aromatic hydroxyl groups is 1. The molecule has 1 aliphatic carbocycles. The molecule has 0 amide bonds. The summed E-state index contributed by atoms with van der Waals surface area (Å²) in [5.41, 5.74) is 2.97. The first-order chi connectivity index (χ1) is 8.17. The molecule has 1 aromatic rings. The van der Waals surface area contributed by atoms with Gasteiger partial charge >= 0.3 is 0 Å². The van der Waals surface area contributed by atoms with E-state index in [1.54, 1.807) is 0 Å². The third-order valence-corrected chi connectivity index (χ3v) is 4.46. The highest BCUT2D eigenvalue weighted by Gasteiger charge is 2.37. The predicted octanol–water partition coefficient (Wildman–Crippen LogP) is 3.02. The van der Waals surface area contributed by atoms with E-state index in [4.69, 9.17) is 4.74 Å². The van der Waals surface area contributed by atoms with Crippen molar-refractivity contribution in [1.29, 1.82) is 0 Å². The lowest BCUT2D eigenvalue weighted by molar-refractivity contribution is 0.0691. The van der Waals surface area contributed by atoms with E-state index < -0.39 is 0 Å². The van der Waals surface area contributed by atoms with Crippen molar-refractivity contribution in [3.05, 3.63) is 29.3 Å². The number of phenols is 1. The molecule has 2 unspecified atom stereocenters. The number of benzene rings is 1. The molecular formula is C15H20O2. The molecule has 2 nitrogen and oxygen atoms in total. The van der Waals surface area contributed by atoms with E-state index in [2.05, 4.69) is 13.0 Å². The summed E-state index contributed by atoms with van der Waals surface area (Å²) in [6.45, 7) is 4.08. The van der Waals surface area contributed by atoms with E-state index >= 15 is 0 Å². The van der Waals surface area contributed by atoms with Crippen molar-refractivity contribution in [3.63, 3.8) is 0 Å². The van der Waals surface area contributed by atoms with E-state index in [0.29, 0.717) is 5.75 Å². The minimum Gasteiger partial charge on any atom is -0.508 e. The van der Waals surface area contributed by atoms with Gasteiger partial charge in [0.25, 0.3) is 0 Å². The van der Waals surface area contributed by atoms with E-state index in [9.17, 15) is 5.11 Å². The lowest BCUT2D eigenvalue weighted by Gasteiger charge is -2.42. The Bertz CT molecular complexity index is 427. The maximum Gasteiger partial charge on any atom is 0.115 e. The van der Waals surface area contributed by atoms with Gasteiger partial charge in [-0.05, 0) is 60.3 Å². The van der Waals surface area contributed by atoms with Crippen molar-refractivity contribution in [3.8, 4) is 5.75 Å². The van der Waals surface area contributed by atoms with Gasteiger partial charge in [-0.25, -0.2) is 0 Å². The summed E-state index contributed by atoms with van der Waals surface area (Å²) < 4.78 is 5.66. The third kappa shape index (κ3) is 1.95. The smallest absolute Gasteiger partial charge is 0.115 e. The van der Waals surface area contributed by atoms with Gasteiger partial charge in [0.1, 0.15) is 5.75 Å². The van der Waals surface area contributed by atoms with Gasteiger partial charge < -0.3 is 9.84 Å². The van der Waals surface area contributed by atoms with Gasteiger partial charge in [0.15, 0.2) is 0 Å². The standard InChI is InChI=1S/C15H20O2/c1-15-5-7-17-6-4-11(10-15)8-12-2-3-13(16)9-14(12)15/h2-3,9,11,16H,4-8,10H2,1H3. The maximum absolute atomic E-state index is 9.69. The number of hydrogen-bond donors (Lipinski definition) is 1. The molecule has 3 rings (SSSR count). The molecule has 0 radical (unpaired) electrons. The van der Waals surface area contributed by atoms with Crippen molar-refractivity contribution in [2.75, 3.05) is 13.2 Å². The topological polar surface area (TPSA) is 29.5 Å². The first kappa shape index (κ1) is 11.1. The van der Waals surface area contributed by atoms with Gasteiger partial charge in [0, 0.05) is 13.2 Å². The van der Waals surface area contributed by atoms with Crippen LogP contribution in [0.25, 0.3) is 0 Å². The average molecular weight is 232 g/mol. The summed E-state index contributed by atoms with van der Waals surface area (Å²) in [5, 5.41) is 9.69. The van der Waals surface area contributed by atoms with Crippen LogP contribution < -0.4 is 0 Å². The molecule has 1 fully saturated rings. The van der Waals surface area contributed by atoms with Crippen LogP contribution in [0.1, 0.15) is 37.3 Å². The van der Waals surface area contributed by atoms with Crippen LogP contribution in [0.2, 0.25) is 0 Å². The van der Waals surface area contributed by atoms with Crippen LogP contribution in [0.4, 0.5) is 0 Å². The van der Waals surface area contributed by atoms with Crippen LogP contribution in [0, 0.1) is 5.92 Å². The fourth-order valence-electron chi connectivity index (χ4n) is 3.52. The van der Waals surface area contributed by atoms with Crippen LogP contribution in [-0.2, 0) is 16.6 Å². The van der Waals surface area contributed by atoms with Gasteiger partial charge in [-0.3, -0.25) is 0 Å². The summed E-state index contributed by atoms with van der Waals surface area (Å²) in [6.07, 6.45) is 4.64. The van der Waals surface area contributed by atoms with Gasteiger partial charge in [-0.1, -0.05) is 13.0 Å². The van der Waals surface area contributed by atoms with Crippen LogP contribution >= 0.6 is 0 Å². The largest absolute Gasteiger partial charge is 0.508 e. The molecule has 1 saturated heterocycles. The first-order valence-corrected chi connectivity index (χ1v) is 6.57. The number of rotatable bonds is 0. The highest BCUT2D eigenvalue weighted by Crippen LogP contribution is 2.45. The zero-order chi connectivity index (χ0) is 11.9. The zero-order valence-corrected chi connectivity index (χ0v) is 10.4. The van der Waals surface area contributed by atoms with E-state index in [1.165, 1.54) is 24.0 Å². The maximum atomic E-state index is 9.69. The van der Waals surface area contributed by atoms with Gasteiger partial charge in [-0.15, -0.1) is 0 Å². The summed E-state index contributed by atoms with van der Waals surface area (Å²) in [7, 11) is 0. The molecule has 1 aromatic carbocycles. The molecule has 0 spiro atoms. The van der Waals surface area contributed by atoms with Crippen molar-refractivity contribution >= 4 is 0 Å². The molecule has 0 aromatic heterocycles. The molecule has 2 heteroatoms. The highest BCUT2D eigenvalue weighted by molar-refractivity contribution is 5.42. The normalized spacial score (nSPS) is 32.4. The van der Waals surface area contributed by atoms with Crippen molar-refractivity contribution in [2.24, 2.45) is 5.92 Å². The van der Waals surface area contributed by atoms with Crippen molar-refractivity contribution in [1.82, 2.24) is 0 Å². The molecule has 92 valence electrons. The second-order valence-corrected chi connectivity index (χ2v) is 5.83. The van der Waals surface area contributed by atoms with Gasteiger partial charge in [-0.2, -0.15) is 0 Å². The Morgan fingerprint density at radius 1 is 1.35 bits per heavy atom. The Labute approximate surface area is 103 Å². The van der Waals surface area contributed by atoms with Crippen LogP contribution in [-0.4, -0.2) is 18.3 Å². The number of phenolic OH excluding ortho intramolecular Hbond substituents is 1. The van der Waals surface area contributed by atoms with Crippen molar-refractivity contribution in [2.45, 2.75) is 38.0 Å². The molecular weight excluding hydrogens is 212 g/mol. The Hall–Kier alpha value is -1.02. The number of ether oxygens (including phenoxy) is 1. The van der Waals surface area contributed by atoms with E-state index in [0.717, 1.165) is 32.0 Å². The fourth-order valence-corrected chi connectivity index (χ4v) is 3.52. The van der Waals surface area contributed by atoms with Crippen LogP contribution in [0.15, 0.2) is 18.2 Å². The molecule has 2 bridgehead atoms. The Morgan fingerprint density at radius 2 is 2.24 bits per heavy atom. The third-order valence-electron chi connectivity index (χ3n) is 4.46. The van der Waals surface area contributed by atoms with E-state index in [-0.39, 0.29) is 5.41 Å². The number of hydrogen-bond acceptors (Lipinski definition) is 2. The second-order valence-electron chi connectivity index (χ2n) is 5.83. The van der Waals surface area contributed by atoms with Gasteiger partial charge in [0.2, 0.25) is 0 Å². The van der Waals surface area contributed by atoms with Crippen molar-refractivity contribution < 1.29 is 9.84 Å². The summed E-state index contributed by atoms with van der Waals surface area (Å²) in [5.74, 6) is 1.14. The second kappa shape index (κ2) is 4.02. The van der Waals surface area contributed by atoms with Gasteiger partial charge in [0.05, 0.1) is 0 Å². The van der Waals surface area contributed by atoms with E-state index in [1.807, 2.05) is 12.1 Å². The highest BCUT2D eigenvalue weighted by atomic mass is 16.5. The summed E-state index contributed by atoms with van der Waals surface area (Å²) in [6, 6.07) is 5.90. The average Bonchev–Trinajstić information content (AvgIpc) is 2.28. The minimum absolute atomic E-state index is 0.192. The Balaban J connectivity index is 2.06. The predicted molar refractivity (Wildman–Crippen MR) is 67.3 cm³/mol. The molecule has 1 aliphatic heterocycles. The first-order valence-electron chi connectivity index (χ1n) is 6.57. The summed E-state index contributed by atoms with van der Waals surface area (Å²) in [4.78, 5) is 0. The fraction of sp³-hybridized carbons (Fsp3) is 0.600. The summed E-state index contributed by atoms with van der Waals surface area (Å²) >= 11 is 0. The lowest BCUT2D eigenvalue weighted by atomic mass is 9.65. The SMILES string of the molecule is CC12CCOCCC(Cc3ccc(O)cc31)C2. The molecule has 1 N–H and O–H groups in total. The quantitative estimate of drug-likeness (QED) is 0.745. The minimum atomic E-state index is 0.192.